The fourth-order valence-electron chi connectivity index (χ4n) is 3.09. The van der Waals surface area contributed by atoms with Gasteiger partial charge >= 0.3 is 5.69 Å². The van der Waals surface area contributed by atoms with Crippen LogP contribution in [-0.4, -0.2) is 30.8 Å². The van der Waals surface area contributed by atoms with Crippen LogP contribution in [0.15, 0.2) is 39.8 Å². The monoisotopic (exact) mass is 299 g/mol. The molecule has 0 spiro atoms. The first-order chi connectivity index (χ1) is 10.7. The van der Waals surface area contributed by atoms with Crippen LogP contribution in [0.5, 0.6) is 0 Å². The lowest BCUT2D eigenvalue weighted by atomic mass is 10.1. The summed E-state index contributed by atoms with van der Waals surface area (Å²) in [4.78, 5) is 14.6. The van der Waals surface area contributed by atoms with Gasteiger partial charge in [0.1, 0.15) is 0 Å². The van der Waals surface area contributed by atoms with Crippen molar-refractivity contribution in [2.24, 2.45) is 0 Å². The minimum Gasteiger partial charge on any atom is -0.359 e. The number of nitrogens with zero attached hydrogens (tertiary/aromatic N) is 5. The molecule has 4 rings (SSSR count). The minimum atomic E-state index is -0.116. The topological polar surface area (TPSA) is 68.6 Å². The van der Waals surface area contributed by atoms with Gasteiger partial charge in [-0.1, -0.05) is 11.2 Å². The summed E-state index contributed by atoms with van der Waals surface area (Å²) in [5, 5.41) is 8.35. The average molecular weight is 299 g/mol. The van der Waals surface area contributed by atoms with Crippen LogP contribution < -0.4 is 5.69 Å². The maximum atomic E-state index is 12.4. The number of likely N-dealkylation sites (tertiary alicyclic amines) is 1. The van der Waals surface area contributed by atoms with Crippen molar-refractivity contribution < 1.29 is 4.52 Å². The summed E-state index contributed by atoms with van der Waals surface area (Å²) in [6, 6.07) is 7.67. The molecule has 1 saturated heterocycles. The van der Waals surface area contributed by atoms with Crippen LogP contribution in [0.4, 0.5) is 0 Å². The molecule has 1 aliphatic rings. The fourth-order valence-corrected chi connectivity index (χ4v) is 3.09. The Kier molecular flexibility index (Phi) is 3.07. The maximum Gasteiger partial charge on any atom is 0.351 e. The fraction of sp³-hybridized carbons (Fsp3) is 0.400. The minimum absolute atomic E-state index is 0.116. The SMILES string of the molecule is Cc1cc([C@@H]2CCCN2Cn2nc3ccccn3c2=O)on1. The first-order valence-electron chi connectivity index (χ1n) is 7.44. The Bertz CT molecular complexity index is 862. The lowest BCUT2D eigenvalue weighted by Crippen LogP contribution is -2.32. The number of aromatic nitrogens is 4. The van der Waals surface area contributed by atoms with E-state index in [1.807, 2.05) is 31.2 Å². The van der Waals surface area contributed by atoms with Gasteiger partial charge in [0.05, 0.1) is 18.4 Å². The molecule has 3 aromatic rings. The Morgan fingerprint density at radius 2 is 2.32 bits per heavy atom. The first kappa shape index (κ1) is 13.3. The Morgan fingerprint density at radius 3 is 3.09 bits per heavy atom. The van der Waals surface area contributed by atoms with E-state index >= 15 is 0 Å². The van der Waals surface area contributed by atoms with Gasteiger partial charge in [-0.25, -0.2) is 4.79 Å². The standard InChI is InChI=1S/C15H17N5O2/c1-11-9-13(22-17-11)12-5-4-7-18(12)10-20-15(21)19-8-3-2-6-14(19)16-20/h2-3,6,8-9,12H,4-5,7,10H2,1H3/t12-/m0/s1. The normalized spacial score (nSPS) is 19.2. The molecule has 7 heteroatoms. The molecule has 22 heavy (non-hydrogen) atoms. The Labute approximate surface area is 126 Å². The van der Waals surface area contributed by atoms with Crippen LogP contribution in [0.25, 0.3) is 5.65 Å². The van der Waals surface area contributed by atoms with E-state index in [0.29, 0.717) is 12.3 Å². The second-order valence-corrected chi connectivity index (χ2v) is 5.69. The van der Waals surface area contributed by atoms with E-state index in [0.717, 1.165) is 30.8 Å². The number of hydrogen-bond acceptors (Lipinski definition) is 5. The molecular weight excluding hydrogens is 282 g/mol. The van der Waals surface area contributed by atoms with Crippen LogP contribution in [0.3, 0.4) is 0 Å². The predicted molar refractivity (Wildman–Crippen MR) is 79.4 cm³/mol. The second kappa shape index (κ2) is 5.10. The van der Waals surface area contributed by atoms with Crippen molar-refractivity contribution in [3.8, 4) is 0 Å². The number of rotatable bonds is 3. The summed E-state index contributed by atoms with van der Waals surface area (Å²) in [5.74, 6) is 0.867. The zero-order valence-electron chi connectivity index (χ0n) is 12.3. The summed E-state index contributed by atoms with van der Waals surface area (Å²) in [6.07, 6.45) is 3.83. The van der Waals surface area contributed by atoms with Crippen LogP contribution in [-0.2, 0) is 6.67 Å². The molecule has 0 radical (unpaired) electrons. The zero-order chi connectivity index (χ0) is 15.1. The highest BCUT2D eigenvalue weighted by molar-refractivity contribution is 5.35. The van der Waals surface area contributed by atoms with Crippen LogP contribution >= 0.6 is 0 Å². The van der Waals surface area contributed by atoms with Gasteiger partial charge in [-0.15, -0.1) is 5.10 Å². The average Bonchev–Trinajstić information content (AvgIpc) is 3.21. The molecule has 1 aliphatic heterocycles. The van der Waals surface area contributed by atoms with E-state index < -0.39 is 0 Å². The van der Waals surface area contributed by atoms with E-state index in [-0.39, 0.29) is 11.7 Å². The molecule has 0 aromatic carbocycles. The molecule has 3 aromatic heterocycles. The highest BCUT2D eigenvalue weighted by Crippen LogP contribution is 2.32. The molecule has 0 saturated carbocycles. The van der Waals surface area contributed by atoms with Crippen molar-refractivity contribution in [1.29, 1.82) is 0 Å². The van der Waals surface area contributed by atoms with E-state index in [1.54, 1.807) is 10.6 Å². The third-order valence-corrected chi connectivity index (χ3v) is 4.14. The highest BCUT2D eigenvalue weighted by Gasteiger charge is 2.29. The second-order valence-electron chi connectivity index (χ2n) is 5.69. The van der Waals surface area contributed by atoms with E-state index in [9.17, 15) is 4.79 Å². The first-order valence-corrected chi connectivity index (χ1v) is 7.44. The number of fused-ring (bicyclic) bond motifs is 1. The van der Waals surface area contributed by atoms with Crippen molar-refractivity contribution in [2.45, 2.75) is 32.5 Å². The smallest absolute Gasteiger partial charge is 0.351 e. The summed E-state index contributed by atoms with van der Waals surface area (Å²) >= 11 is 0. The van der Waals surface area contributed by atoms with Crippen LogP contribution in [0.1, 0.15) is 30.3 Å². The molecule has 0 unspecified atom stereocenters. The molecule has 0 bridgehead atoms. The van der Waals surface area contributed by atoms with E-state index in [2.05, 4.69) is 15.2 Å². The molecule has 0 aliphatic carbocycles. The molecule has 0 amide bonds. The Balaban J connectivity index is 1.64. The summed E-state index contributed by atoms with van der Waals surface area (Å²) < 4.78 is 8.47. The Morgan fingerprint density at radius 1 is 1.41 bits per heavy atom. The molecule has 7 nitrogen and oxygen atoms in total. The van der Waals surface area contributed by atoms with Crippen LogP contribution in [0.2, 0.25) is 0 Å². The zero-order valence-corrected chi connectivity index (χ0v) is 12.3. The van der Waals surface area contributed by atoms with Crippen molar-refractivity contribution in [3.63, 3.8) is 0 Å². The van der Waals surface area contributed by atoms with Gasteiger partial charge in [0.25, 0.3) is 0 Å². The van der Waals surface area contributed by atoms with E-state index in [1.165, 1.54) is 4.68 Å². The van der Waals surface area contributed by atoms with Gasteiger partial charge in [0.2, 0.25) is 0 Å². The van der Waals surface area contributed by atoms with Crippen molar-refractivity contribution in [3.05, 3.63) is 52.4 Å². The lowest BCUT2D eigenvalue weighted by Gasteiger charge is -2.21. The largest absolute Gasteiger partial charge is 0.359 e. The third-order valence-electron chi connectivity index (χ3n) is 4.14. The van der Waals surface area contributed by atoms with Crippen molar-refractivity contribution in [1.82, 2.24) is 24.2 Å². The molecular formula is C15H17N5O2. The van der Waals surface area contributed by atoms with Crippen LogP contribution in [0, 0.1) is 6.92 Å². The number of hydrogen-bond donors (Lipinski definition) is 0. The number of pyridine rings is 1. The van der Waals surface area contributed by atoms with Gasteiger partial charge in [0, 0.05) is 18.8 Å². The Hall–Kier alpha value is -2.41. The molecule has 1 atom stereocenters. The highest BCUT2D eigenvalue weighted by atomic mass is 16.5. The molecule has 114 valence electrons. The third kappa shape index (κ3) is 2.14. The summed E-state index contributed by atoms with van der Waals surface area (Å²) in [5.41, 5.74) is 1.43. The van der Waals surface area contributed by atoms with Gasteiger partial charge in [0.15, 0.2) is 11.4 Å². The summed E-state index contributed by atoms with van der Waals surface area (Å²) in [6.45, 7) is 3.30. The van der Waals surface area contributed by atoms with Gasteiger partial charge in [-0.3, -0.25) is 9.30 Å². The molecule has 1 fully saturated rings. The molecule has 0 N–H and O–H groups in total. The van der Waals surface area contributed by atoms with Crippen molar-refractivity contribution >= 4 is 5.65 Å². The molecule has 4 heterocycles. The summed E-state index contributed by atoms with van der Waals surface area (Å²) in [7, 11) is 0. The van der Waals surface area contributed by atoms with Crippen molar-refractivity contribution in [2.75, 3.05) is 6.54 Å². The predicted octanol–water partition coefficient (Wildman–Crippen LogP) is 1.59. The van der Waals surface area contributed by atoms with Gasteiger partial charge < -0.3 is 4.52 Å². The van der Waals surface area contributed by atoms with Gasteiger partial charge in [-0.2, -0.15) is 4.68 Å². The van der Waals surface area contributed by atoms with E-state index in [4.69, 9.17) is 4.52 Å². The number of aryl methyl sites for hydroxylation is 1. The maximum absolute atomic E-state index is 12.4. The lowest BCUT2D eigenvalue weighted by molar-refractivity contribution is 0.162. The van der Waals surface area contributed by atoms with Gasteiger partial charge in [-0.05, 0) is 31.9 Å². The quantitative estimate of drug-likeness (QED) is 0.734.